The molecule has 3 N–H and O–H groups in total. The van der Waals surface area contributed by atoms with Crippen molar-refractivity contribution in [2.75, 3.05) is 0 Å². The molecule has 0 bridgehead atoms. The highest BCUT2D eigenvalue weighted by Crippen LogP contribution is 2.35. The maximum absolute atomic E-state index is 6.04. The molecule has 1 aliphatic rings. The lowest BCUT2D eigenvalue weighted by Crippen LogP contribution is -2.31. The summed E-state index contributed by atoms with van der Waals surface area (Å²) in [7, 11) is 0. The van der Waals surface area contributed by atoms with E-state index >= 15 is 0 Å². The van der Waals surface area contributed by atoms with Crippen LogP contribution < -0.4 is 11.3 Å². The van der Waals surface area contributed by atoms with Crippen molar-refractivity contribution in [1.29, 1.82) is 0 Å². The van der Waals surface area contributed by atoms with E-state index in [4.69, 9.17) is 17.4 Å². The minimum absolute atomic E-state index is 0.209. The summed E-state index contributed by atoms with van der Waals surface area (Å²) in [4.78, 5) is 0. The third kappa shape index (κ3) is 2.98. The summed E-state index contributed by atoms with van der Waals surface area (Å²) in [6.45, 7) is 0. The maximum atomic E-state index is 6.04. The van der Waals surface area contributed by atoms with Gasteiger partial charge in [0.05, 0.1) is 0 Å². The Morgan fingerprint density at radius 2 is 2.19 bits per heavy atom. The van der Waals surface area contributed by atoms with Gasteiger partial charge in [-0.1, -0.05) is 46.8 Å². The zero-order valence-corrected chi connectivity index (χ0v) is 11.4. The van der Waals surface area contributed by atoms with Gasteiger partial charge in [-0.25, -0.2) is 0 Å². The minimum atomic E-state index is 0.209. The van der Waals surface area contributed by atoms with Crippen LogP contribution in [-0.4, -0.2) is 0 Å². The van der Waals surface area contributed by atoms with Crippen LogP contribution in [0.2, 0.25) is 5.02 Å². The van der Waals surface area contributed by atoms with E-state index in [1.54, 1.807) is 0 Å². The Balaban J connectivity index is 2.11. The topological polar surface area (TPSA) is 38.0 Å². The third-order valence-electron chi connectivity index (χ3n) is 3.28. The number of benzene rings is 1. The number of hydrogen-bond donors (Lipinski definition) is 2. The van der Waals surface area contributed by atoms with E-state index < -0.39 is 0 Å². The smallest absolute Gasteiger partial charge is 0.0463 e. The van der Waals surface area contributed by atoms with Gasteiger partial charge >= 0.3 is 0 Å². The van der Waals surface area contributed by atoms with Crippen molar-refractivity contribution in [2.24, 2.45) is 11.8 Å². The molecule has 0 amide bonds. The number of nitrogens with one attached hydrogen (secondary N) is 1. The largest absolute Gasteiger partial charge is 0.271 e. The van der Waals surface area contributed by atoms with Crippen LogP contribution in [-0.2, 0) is 0 Å². The van der Waals surface area contributed by atoms with Gasteiger partial charge in [-0.3, -0.25) is 11.3 Å². The lowest BCUT2D eigenvalue weighted by Gasteiger charge is -2.29. The molecule has 1 saturated carbocycles. The zero-order chi connectivity index (χ0) is 11.5. The molecule has 2 rings (SSSR count). The lowest BCUT2D eigenvalue weighted by atomic mass is 9.80. The Kier molecular flexibility index (Phi) is 4.25. The van der Waals surface area contributed by atoms with E-state index in [0.717, 1.165) is 27.4 Å². The van der Waals surface area contributed by atoms with Crippen molar-refractivity contribution >= 4 is 27.5 Å². The van der Waals surface area contributed by atoms with E-state index in [0.29, 0.717) is 0 Å². The number of hydrogen-bond acceptors (Lipinski definition) is 2. The van der Waals surface area contributed by atoms with Crippen LogP contribution in [0.25, 0.3) is 0 Å². The highest BCUT2D eigenvalue weighted by molar-refractivity contribution is 9.10. The lowest BCUT2D eigenvalue weighted by molar-refractivity contribution is 0.262. The summed E-state index contributed by atoms with van der Waals surface area (Å²) < 4.78 is 1.00. The third-order valence-corrected chi connectivity index (χ3v) is 3.96. The Labute approximate surface area is 110 Å². The standard InChI is InChI=1S/C12H16BrClN2/c13-10-5-9(6-11(14)7-10)12(16-15)4-8-2-1-3-8/h5-8,12,16H,1-4,15H2. The second-order valence-electron chi connectivity index (χ2n) is 4.45. The van der Waals surface area contributed by atoms with Gasteiger partial charge in [0.1, 0.15) is 0 Å². The molecular formula is C12H16BrClN2. The second kappa shape index (κ2) is 5.50. The monoisotopic (exact) mass is 302 g/mol. The van der Waals surface area contributed by atoms with Crippen LogP contribution >= 0.6 is 27.5 Å². The van der Waals surface area contributed by atoms with E-state index in [1.807, 2.05) is 12.1 Å². The maximum Gasteiger partial charge on any atom is 0.0463 e. The average Bonchev–Trinajstić information content (AvgIpc) is 2.14. The predicted molar refractivity (Wildman–Crippen MR) is 71.2 cm³/mol. The summed E-state index contributed by atoms with van der Waals surface area (Å²) in [5, 5.41) is 0.748. The van der Waals surface area contributed by atoms with Crippen LogP contribution in [0.3, 0.4) is 0 Å². The Morgan fingerprint density at radius 3 is 2.69 bits per heavy atom. The van der Waals surface area contributed by atoms with E-state index in [2.05, 4.69) is 27.4 Å². The molecular weight excluding hydrogens is 288 g/mol. The predicted octanol–water partition coefficient (Wildman–Crippen LogP) is 3.80. The number of nitrogens with two attached hydrogens (primary N) is 1. The van der Waals surface area contributed by atoms with Gasteiger partial charge in [0, 0.05) is 15.5 Å². The molecule has 1 aromatic rings. The van der Waals surface area contributed by atoms with Gasteiger partial charge in [0.15, 0.2) is 0 Å². The first-order valence-corrected chi connectivity index (χ1v) is 6.78. The van der Waals surface area contributed by atoms with Gasteiger partial charge < -0.3 is 0 Å². The van der Waals surface area contributed by atoms with Crippen LogP contribution in [0.4, 0.5) is 0 Å². The van der Waals surface area contributed by atoms with Gasteiger partial charge in [0.25, 0.3) is 0 Å². The van der Waals surface area contributed by atoms with Crippen LogP contribution in [0.1, 0.15) is 37.3 Å². The van der Waals surface area contributed by atoms with Gasteiger partial charge in [-0.15, -0.1) is 0 Å². The van der Waals surface area contributed by atoms with Gasteiger partial charge in [-0.05, 0) is 36.1 Å². The molecule has 0 saturated heterocycles. The SMILES string of the molecule is NNC(CC1CCC1)c1cc(Cl)cc(Br)c1. The summed E-state index contributed by atoms with van der Waals surface area (Å²) in [5.74, 6) is 6.44. The summed E-state index contributed by atoms with van der Waals surface area (Å²) in [6, 6.07) is 6.16. The van der Waals surface area contributed by atoms with Crippen LogP contribution in [0.15, 0.2) is 22.7 Å². The van der Waals surface area contributed by atoms with E-state index in [1.165, 1.54) is 19.3 Å². The fourth-order valence-electron chi connectivity index (χ4n) is 2.14. The fraction of sp³-hybridized carbons (Fsp3) is 0.500. The molecule has 0 spiro atoms. The van der Waals surface area contributed by atoms with Gasteiger partial charge in [-0.2, -0.15) is 0 Å². The fourth-order valence-corrected chi connectivity index (χ4v) is 3.02. The molecule has 0 heterocycles. The van der Waals surface area contributed by atoms with Gasteiger partial charge in [0.2, 0.25) is 0 Å². The summed E-state index contributed by atoms with van der Waals surface area (Å²) in [5.41, 5.74) is 4.05. The Morgan fingerprint density at radius 1 is 1.44 bits per heavy atom. The highest BCUT2D eigenvalue weighted by Gasteiger charge is 2.22. The van der Waals surface area contributed by atoms with Crippen molar-refractivity contribution in [3.8, 4) is 0 Å². The molecule has 1 aromatic carbocycles. The first-order chi connectivity index (χ1) is 7.69. The molecule has 1 fully saturated rings. The molecule has 88 valence electrons. The van der Waals surface area contributed by atoms with Crippen LogP contribution in [0, 0.1) is 5.92 Å². The van der Waals surface area contributed by atoms with Crippen molar-refractivity contribution in [3.63, 3.8) is 0 Å². The Hall–Kier alpha value is -0.0900. The molecule has 0 aromatic heterocycles. The van der Waals surface area contributed by atoms with Crippen molar-refractivity contribution in [3.05, 3.63) is 33.3 Å². The molecule has 1 unspecified atom stereocenters. The molecule has 2 nitrogen and oxygen atoms in total. The minimum Gasteiger partial charge on any atom is -0.271 e. The Bertz CT molecular complexity index is 346. The molecule has 4 heteroatoms. The first-order valence-electron chi connectivity index (χ1n) is 5.61. The molecule has 16 heavy (non-hydrogen) atoms. The molecule has 0 radical (unpaired) electrons. The van der Waals surface area contributed by atoms with Crippen molar-refractivity contribution in [2.45, 2.75) is 31.7 Å². The van der Waals surface area contributed by atoms with E-state index in [-0.39, 0.29) is 6.04 Å². The number of hydrazine groups is 1. The quantitative estimate of drug-likeness (QED) is 0.656. The molecule has 0 aliphatic heterocycles. The molecule has 1 atom stereocenters. The van der Waals surface area contributed by atoms with Crippen LogP contribution in [0.5, 0.6) is 0 Å². The van der Waals surface area contributed by atoms with E-state index in [9.17, 15) is 0 Å². The van der Waals surface area contributed by atoms with Crippen molar-refractivity contribution < 1.29 is 0 Å². The molecule has 1 aliphatic carbocycles. The first kappa shape index (κ1) is 12.4. The highest BCUT2D eigenvalue weighted by atomic mass is 79.9. The number of rotatable bonds is 4. The average molecular weight is 304 g/mol. The normalized spacial score (nSPS) is 18.2. The summed E-state index contributed by atoms with van der Waals surface area (Å²) in [6.07, 6.45) is 5.13. The second-order valence-corrected chi connectivity index (χ2v) is 5.81. The van der Waals surface area contributed by atoms with Crippen molar-refractivity contribution in [1.82, 2.24) is 5.43 Å². The summed E-state index contributed by atoms with van der Waals surface area (Å²) >= 11 is 9.49. The number of halogens is 2. The zero-order valence-electron chi connectivity index (χ0n) is 9.05.